The Hall–Kier alpha value is -1.65. The van der Waals surface area contributed by atoms with Gasteiger partial charge in [0.05, 0.1) is 13.5 Å². The summed E-state index contributed by atoms with van der Waals surface area (Å²) in [5.41, 5.74) is 0.714. The van der Waals surface area contributed by atoms with E-state index in [0.717, 1.165) is 15.5 Å². The van der Waals surface area contributed by atoms with Gasteiger partial charge in [0.25, 0.3) is 0 Å². The average Bonchev–Trinajstić information content (AvgIpc) is 2.42. The molecule has 0 amide bonds. The molecule has 0 unspecified atom stereocenters. The van der Waals surface area contributed by atoms with E-state index in [9.17, 15) is 4.79 Å². The summed E-state index contributed by atoms with van der Waals surface area (Å²) in [6, 6.07) is 12.9. The number of benzene rings is 2. The van der Waals surface area contributed by atoms with Crippen LogP contribution in [0, 0.1) is 0 Å². The molecule has 0 bridgehead atoms. The van der Waals surface area contributed by atoms with Gasteiger partial charge >= 0.3 is 5.97 Å². The van der Waals surface area contributed by atoms with Crippen LogP contribution in [0.4, 0.5) is 0 Å². The number of carboxylic acid groups (broad SMARTS) is 1. The van der Waals surface area contributed by atoms with Gasteiger partial charge in [0.1, 0.15) is 5.75 Å². The summed E-state index contributed by atoms with van der Waals surface area (Å²) >= 11 is 7.43. The van der Waals surface area contributed by atoms with Crippen molar-refractivity contribution in [3.8, 4) is 5.75 Å². The third-order valence-corrected chi connectivity index (χ3v) is 4.01. The van der Waals surface area contributed by atoms with E-state index in [0.29, 0.717) is 10.6 Å². The molecule has 0 atom stereocenters. The Morgan fingerprint density at radius 3 is 2.55 bits per heavy atom. The van der Waals surface area contributed by atoms with Crippen LogP contribution in [0.3, 0.4) is 0 Å². The van der Waals surface area contributed by atoms with Crippen molar-refractivity contribution in [1.29, 1.82) is 0 Å². The summed E-state index contributed by atoms with van der Waals surface area (Å²) < 4.78 is 5.11. The molecule has 3 nitrogen and oxygen atoms in total. The van der Waals surface area contributed by atoms with Crippen LogP contribution in [-0.4, -0.2) is 18.2 Å². The number of carboxylic acids is 1. The number of hydrogen-bond acceptors (Lipinski definition) is 3. The standard InChI is InChI=1S/C15H13ClO3S/c1-19-12-3-5-13(6-4-12)20-14-7-2-11(16)8-10(14)9-15(17)18/h2-8H,9H2,1H3,(H,17,18). The summed E-state index contributed by atoms with van der Waals surface area (Å²) in [5.74, 6) is -0.0833. The summed E-state index contributed by atoms with van der Waals surface area (Å²) in [7, 11) is 1.62. The van der Waals surface area contributed by atoms with Gasteiger partial charge in [0.2, 0.25) is 0 Å². The summed E-state index contributed by atoms with van der Waals surface area (Å²) in [6.45, 7) is 0. The van der Waals surface area contributed by atoms with Crippen LogP contribution < -0.4 is 4.74 Å². The molecule has 1 N–H and O–H groups in total. The first-order valence-corrected chi connectivity index (χ1v) is 7.10. The first kappa shape index (κ1) is 14.8. The SMILES string of the molecule is COc1ccc(Sc2ccc(Cl)cc2CC(=O)O)cc1. The van der Waals surface area contributed by atoms with Crippen molar-refractivity contribution in [1.82, 2.24) is 0 Å². The minimum absolute atomic E-state index is 0.0426. The zero-order chi connectivity index (χ0) is 14.5. The van der Waals surface area contributed by atoms with Gasteiger partial charge < -0.3 is 9.84 Å². The Balaban J connectivity index is 2.25. The van der Waals surface area contributed by atoms with Crippen molar-refractivity contribution in [3.63, 3.8) is 0 Å². The van der Waals surface area contributed by atoms with Gasteiger partial charge in [0, 0.05) is 14.8 Å². The molecule has 0 aliphatic carbocycles. The molecule has 0 fully saturated rings. The third-order valence-electron chi connectivity index (χ3n) is 2.65. The molecule has 0 spiro atoms. The normalized spacial score (nSPS) is 10.3. The smallest absolute Gasteiger partial charge is 0.307 e. The lowest BCUT2D eigenvalue weighted by Crippen LogP contribution is -2.01. The highest BCUT2D eigenvalue weighted by Crippen LogP contribution is 2.33. The second-order valence-electron chi connectivity index (χ2n) is 4.10. The Morgan fingerprint density at radius 1 is 1.25 bits per heavy atom. The maximum absolute atomic E-state index is 10.9. The molecule has 0 aliphatic heterocycles. The molecule has 0 heterocycles. The number of methoxy groups -OCH3 is 1. The third kappa shape index (κ3) is 3.92. The highest BCUT2D eigenvalue weighted by molar-refractivity contribution is 7.99. The van der Waals surface area contributed by atoms with Gasteiger partial charge in [-0.15, -0.1) is 0 Å². The summed E-state index contributed by atoms with van der Waals surface area (Å²) in [4.78, 5) is 12.8. The molecule has 2 aromatic rings. The molecule has 2 rings (SSSR count). The lowest BCUT2D eigenvalue weighted by atomic mass is 10.1. The topological polar surface area (TPSA) is 46.5 Å². The largest absolute Gasteiger partial charge is 0.497 e. The number of hydrogen-bond donors (Lipinski definition) is 1. The predicted octanol–water partition coefficient (Wildman–Crippen LogP) is 4.13. The zero-order valence-electron chi connectivity index (χ0n) is 10.8. The number of rotatable bonds is 5. The van der Waals surface area contributed by atoms with E-state index in [-0.39, 0.29) is 6.42 Å². The zero-order valence-corrected chi connectivity index (χ0v) is 12.4. The predicted molar refractivity (Wildman–Crippen MR) is 79.9 cm³/mol. The maximum Gasteiger partial charge on any atom is 0.307 e. The van der Waals surface area contributed by atoms with E-state index in [1.807, 2.05) is 30.3 Å². The fourth-order valence-electron chi connectivity index (χ4n) is 1.72. The van der Waals surface area contributed by atoms with Crippen molar-refractivity contribution in [2.24, 2.45) is 0 Å². The first-order valence-electron chi connectivity index (χ1n) is 5.90. The van der Waals surface area contributed by atoms with Crippen LogP contribution in [0.25, 0.3) is 0 Å². The fourth-order valence-corrected chi connectivity index (χ4v) is 2.84. The van der Waals surface area contributed by atoms with Gasteiger partial charge in [-0.25, -0.2) is 0 Å². The minimum Gasteiger partial charge on any atom is -0.497 e. The van der Waals surface area contributed by atoms with E-state index in [1.165, 1.54) is 11.8 Å². The van der Waals surface area contributed by atoms with Gasteiger partial charge in [0.15, 0.2) is 0 Å². The van der Waals surface area contributed by atoms with Crippen molar-refractivity contribution < 1.29 is 14.6 Å². The minimum atomic E-state index is -0.871. The van der Waals surface area contributed by atoms with Gasteiger partial charge in [-0.1, -0.05) is 23.4 Å². The lowest BCUT2D eigenvalue weighted by Gasteiger charge is -2.08. The molecule has 0 saturated carbocycles. The number of ether oxygens (including phenoxy) is 1. The Kier molecular flexibility index (Phi) is 4.93. The van der Waals surface area contributed by atoms with E-state index in [4.69, 9.17) is 21.4 Å². The molecule has 20 heavy (non-hydrogen) atoms. The molecular formula is C15H13ClO3S. The second-order valence-corrected chi connectivity index (χ2v) is 5.65. The summed E-state index contributed by atoms with van der Waals surface area (Å²) in [5, 5.41) is 9.49. The van der Waals surface area contributed by atoms with Gasteiger partial charge in [-0.05, 0) is 48.0 Å². The monoisotopic (exact) mass is 308 g/mol. The van der Waals surface area contributed by atoms with Crippen LogP contribution in [0.1, 0.15) is 5.56 Å². The number of aliphatic carboxylic acids is 1. The van der Waals surface area contributed by atoms with E-state index < -0.39 is 5.97 Å². The van der Waals surface area contributed by atoms with Crippen molar-refractivity contribution in [3.05, 3.63) is 53.1 Å². The highest BCUT2D eigenvalue weighted by Gasteiger charge is 2.09. The van der Waals surface area contributed by atoms with Crippen LogP contribution >= 0.6 is 23.4 Å². The van der Waals surface area contributed by atoms with Crippen LogP contribution in [0.5, 0.6) is 5.75 Å². The molecule has 5 heteroatoms. The summed E-state index contributed by atoms with van der Waals surface area (Å²) in [6.07, 6.45) is -0.0426. The van der Waals surface area contributed by atoms with Crippen molar-refractivity contribution in [2.75, 3.05) is 7.11 Å². The van der Waals surface area contributed by atoms with Crippen molar-refractivity contribution in [2.45, 2.75) is 16.2 Å². The van der Waals surface area contributed by atoms with Gasteiger partial charge in [-0.3, -0.25) is 4.79 Å². The molecule has 0 aromatic heterocycles. The first-order chi connectivity index (χ1) is 9.58. The van der Waals surface area contributed by atoms with Gasteiger partial charge in [-0.2, -0.15) is 0 Å². The molecule has 2 aromatic carbocycles. The Labute approximate surface area is 126 Å². The van der Waals surface area contributed by atoms with Crippen LogP contribution in [0.15, 0.2) is 52.3 Å². The van der Waals surface area contributed by atoms with Crippen LogP contribution in [0.2, 0.25) is 5.02 Å². The Morgan fingerprint density at radius 2 is 1.95 bits per heavy atom. The molecular weight excluding hydrogens is 296 g/mol. The maximum atomic E-state index is 10.9. The Bertz CT molecular complexity index is 611. The number of halogens is 1. The number of carbonyl (C=O) groups is 1. The quantitative estimate of drug-likeness (QED) is 0.902. The molecule has 104 valence electrons. The molecule has 0 radical (unpaired) electrons. The van der Waals surface area contributed by atoms with Crippen molar-refractivity contribution >= 4 is 29.3 Å². The fraction of sp³-hybridized carbons (Fsp3) is 0.133. The molecule has 0 saturated heterocycles. The highest BCUT2D eigenvalue weighted by atomic mass is 35.5. The lowest BCUT2D eigenvalue weighted by molar-refractivity contribution is -0.136. The van der Waals surface area contributed by atoms with E-state index in [2.05, 4.69) is 0 Å². The average molecular weight is 309 g/mol. The molecule has 0 aliphatic rings. The van der Waals surface area contributed by atoms with Crippen LogP contribution in [-0.2, 0) is 11.2 Å². The second kappa shape index (κ2) is 6.68. The van der Waals surface area contributed by atoms with E-state index in [1.54, 1.807) is 19.2 Å². The van der Waals surface area contributed by atoms with E-state index >= 15 is 0 Å².